The molecule has 1 amide bonds. The highest BCUT2D eigenvalue weighted by Crippen LogP contribution is 2.17. The molecule has 0 unspecified atom stereocenters. The Morgan fingerprint density at radius 2 is 2.00 bits per heavy atom. The SMILES string of the molecule is CC(C)CC(=O)NCC(C)(C)CCN. The molecular weight excluding hydrogens is 176 g/mol. The van der Waals surface area contributed by atoms with Crippen LogP contribution in [0.25, 0.3) is 0 Å². The summed E-state index contributed by atoms with van der Waals surface area (Å²) in [6.07, 6.45) is 1.55. The van der Waals surface area contributed by atoms with Gasteiger partial charge in [-0.1, -0.05) is 27.7 Å². The van der Waals surface area contributed by atoms with E-state index in [1.54, 1.807) is 0 Å². The normalized spacial score (nSPS) is 11.9. The zero-order chi connectivity index (χ0) is 11.2. The van der Waals surface area contributed by atoms with Crippen molar-refractivity contribution in [3.05, 3.63) is 0 Å². The first-order valence-corrected chi connectivity index (χ1v) is 5.34. The van der Waals surface area contributed by atoms with Gasteiger partial charge in [-0.2, -0.15) is 0 Å². The van der Waals surface area contributed by atoms with Crippen LogP contribution in [0.5, 0.6) is 0 Å². The highest BCUT2D eigenvalue weighted by atomic mass is 16.1. The lowest BCUT2D eigenvalue weighted by atomic mass is 9.89. The van der Waals surface area contributed by atoms with Gasteiger partial charge in [0.05, 0.1) is 0 Å². The topological polar surface area (TPSA) is 55.1 Å². The van der Waals surface area contributed by atoms with Crippen molar-refractivity contribution in [2.24, 2.45) is 17.1 Å². The molecule has 0 aromatic rings. The Bertz CT molecular complexity index is 176. The third-order valence-corrected chi connectivity index (χ3v) is 2.18. The van der Waals surface area contributed by atoms with Gasteiger partial charge in [0, 0.05) is 13.0 Å². The molecule has 0 radical (unpaired) electrons. The number of carbonyl (C=O) groups is 1. The molecule has 0 rings (SSSR count). The molecule has 0 aromatic heterocycles. The van der Waals surface area contributed by atoms with Gasteiger partial charge in [0.1, 0.15) is 0 Å². The number of nitrogens with two attached hydrogens (primary N) is 1. The molecule has 3 heteroatoms. The predicted molar refractivity (Wildman–Crippen MR) is 59.9 cm³/mol. The van der Waals surface area contributed by atoms with Crippen LogP contribution in [0.15, 0.2) is 0 Å². The summed E-state index contributed by atoms with van der Waals surface area (Å²) in [7, 11) is 0. The number of hydrogen-bond donors (Lipinski definition) is 2. The van der Waals surface area contributed by atoms with Gasteiger partial charge in [0.15, 0.2) is 0 Å². The van der Waals surface area contributed by atoms with E-state index in [-0.39, 0.29) is 11.3 Å². The predicted octanol–water partition coefficient (Wildman–Crippen LogP) is 1.52. The lowest BCUT2D eigenvalue weighted by Gasteiger charge is -2.24. The second-order valence-corrected chi connectivity index (χ2v) is 5.08. The van der Waals surface area contributed by atoms with E-state index in [0.717, 1.165) is 13.0 Å². The smallest absolute Gasteiger partial charge is 0.220 e. The molecule has 0 atom stereocenters. The molecule has 0 fully saturated rings. The molecule has 14 heavy (non-hydrogen) atoms. The Morgan fingerprint density at radius 1 is 1.43 bits per heavy atom. The van der Waals surface area contributed by atoms with Crippen molar-refractivity contribution in [3.63, 3.8) is 0 Å². The van der Waals surface area contributed by atoms with Crippen molar-refractivity contribution in [3.8, 4) is 0 Å². The van der Waals surface area contributed by atoms with Gasteiger partial charge in [0.25, 0.3) is 0 Å². The van der Waals surface area contributed by atoms with E-state index in [1.807, 2.05) is 13.8 Å². The monoisotopic (exact) mass is 200 g/mol. The zero-order valence-electron chi connectivity index (χ0n) is 9.89. The standard InChI is InChI=1S/C11H24N2O/c1-9(2)7-10(14)13-8-11(3,4)5-6-12/h9H,5-8,12H2,1-4H3,(H,13,14). The van der Waals surface area contributed by atoms with Crippen molar-refractivity contribution in [1.82, 2.24) is 5.32 Å². The minimum atomic E-state index is 0.112. The molecular formula is C11H24N2O. The Kier molecular flexibility index (Phi) is 5.77. The van der Waals surface area contributed by atoms with Crippen LogP contribution in [0.1, 0.15) is 40.5 Å². The van der Waals surface area contributed by atoms with Crippen molar-refractivity contribution in [2.45, 2.75) is 40.5 Å². The molecule has 3 nitrogen and oxygen atoms in total. The van der Waals surface area contributed by atoms with E-state index in [2.05, 4.69) is 19.2 Å². The molecule has 3 N–H and O–H groups in total. The number of hydrogen-bond acceptors (Lipinski definition) is 2. The van der Waals surface area contributed by atoms with Crippen LogP contribution < -0.4 is 11.1 Å². The number of nitrogens with one attached hydrogen (secondary N) is 1. The van der Waals surface area contributed by atoms with Crippen LogP contribution >= 0.6 is 0 Å². The second-order valence-electron chi connectivity index (χ2n) is 5.08. The van der Waals surface area contributed by atoms with E-state index >= 15 is 0 Å². The van der Waals surface area contributed by atoms with Crippen LogP contribution in [0.3, 0.4) is 0 Å². The van der Waals surface area contributed by atoms with Crippen LogP contribution in [0.4, 0.5) is 0 Å². The number of rotatable bonds is 6. The first kappa shape index (κ1) is 13.4. The zero-order valence-corrected chi connectivity index (χ0v) is 9.89. The summed E-state index contributed by atoms with van der Waals surface area (Å²) in [5, 5.41) is 2.94. The third-order valence-electron chi connectivity index (χ3n) is 2.18. The summed E-state index contributed by atoms with van der Waals surface area (Å²) in [5.74, 6) is 0.567. The molecule has 0 aliphatic rings. The van der Waals surface area contributed by atoms with E-state index in [4.69, 9.17) is 5.73 Å². The van der Waals surface area contributed by atoms with E-state index in [0.29, 0.717) is 18.9 Å². The van der Waals surface area contributed by atoms with Crippen molar-refractivity contribution in [1.29, 1.82) is 0 Å². The molecule has 0 spiro atoms. The van der Waals surface area contributed by atoms with Gasteiger partial charge in [-0.15, -0.1) is 0 Å². The Labute approximate surface area is 87.4 Å². The molecule has 84 valence electrons. The maximum Gasteiger partial charge on any atom is 0.220 e. The largest absolute Gasteiger partial charge is 0.356 e. The molecule has 0 heterocycles. The van der Waals surface area contributed by atoms with Crippen molar-refractivity contribution >= 4 is 5.91 Å². The Balaban J connectivity index is 3.75. The van der Waals surface area contributed by atoms with Gasteiger partial charge in [-0.3, -0.25) is 4.79 Å². The van der Waals surface area contributed by atoms with Gasteiger partial charge in [-0.05, 0) is 24.3 Å². The minimum Gasteiger partial charge on any atom is -0.356 e. The third kappa shape index (κ3) is 6.89. The molecule has 0 saturated carbocycles. The fourth-order valence-electron chi connectivity index (χ4n) is 1.26. The lowest BCUT2D eigenvalue weighted by Crippen LogP contribution is -2.35. The summed E-state index contributed by atoms with van der Waals surface area (Å²) in [4.78, 5) is 11.4. The molecule has 0 saturated heterocycles. The average Bonchev–Trinajstić information content (AvgIpc) is 2.00. The van der Waals surface area contributed by atoms with Crippen molar-refractivity contribution < 1.29 is 4.79 Å². The maximum atomic E-state index is 11.4. The average molecular weight is 200 g/mol. The summed E-state index contributed by atoms with van der Waals surface area (Å²) in [6.45, 7) is 9.73. The van der Waals surface area contributed by atoms with E-state index < -0.39 is 0 Å². The first-order valence-electron chi connectivity index (χ1n) is 5.34. The number of amides is 1. The van der Waals surface area contributed by atoms with Gasteiger partial charge >= 0.3 is 0 Å². The molecule has 0 aliphatic carbocycles. The van der Waals surface area contributed by atoms with Crippen LogP contribution in [-0.4, -0.2) is 19.0 Å². The van der Waals surface area contributed by atoms with Gasteiger partial charge in [-0.25, -0.2) is 0 Å². The van der Waals surface area contributed by atoms with E-state index in [1.165, 1.54) is 0 Å². The summed E-state index contributed by atoms with van der Waals surface area (Å²) in [5.41, 5.74) is 5.60. The quantitative estimate of drug-likeness (QED) is 0.683. The van der Waals surface area contributed by atoms with Crippen LogP contribution in [-0.2, 0) is 4.79 Å². The van der Waals surface area contributed by atoms with Gasteiger partial charge in [0.2, 0.25) is 5.91 Å². The number of carbonyl (C=O) groups excluding carboxylic acids is 1. The highest BCUT2D eigenvalue weighted by Gasteiger charge is 2.17. The Hall–Kier alpha value is -0.570. The molecule has 0 bridgehead atoms. The fourth-order valence-corrected chi connectivity index (χ4v) is 1.26. The fraction of sp³-hybridized carbons (Fsp3) is 0.909. The van der Waals surface area contributed by atoms with Crippen LogP contribution in [0, 0.1) is 11.3 Å². The summed E-state index contributed by atoms with van der Waals surface area (Å²) < 4.78 is 0. The first-order chi connectivity index (χ1) is 6.37. The summed E-state index contributed by atoms with van der Waals surface area (Å²) in [6, 6.07) is 0. The molecule has 0 aliphatic heterocycles. The van der Waals surface area contributed by atoms with Crippen LogP contribution in [0.2, 0.25) is 0 Å². The Morgan fingerprint density at radius 3 is 2.43 bits per heavy atom. The minimum absolute atomic E-state index is 0.112. The highest BCUT2D eigenvalue weighted by molar-refractivity contribution is 5.76. The summed E-state index contributed by atoms with van der Waals surface area (Å²) >= 11 is 0. The van der Waals surface area contributed by atoms with Gasteiger partial charge < -0.3 is 11.1 Å². The van der Waals surface area contributed by atoms with E-state index in [9.17, 15) is 4.79 Å². The molecule has 0 aromatic carbocycles. The lowest BCUT2D eigenvalue weighted by molar-refractivity contribution is -0.122. The second kappa shape index (κ2) is 6.02. The van der Waals surface area contributed by atoms with Crippen molar-refractivity contribution in [2.75, 3.05) is 13.1 Å². The maximum absolute atomic E-state index is 11.4.